The largest absolute Gasteiger partial charge is 0.461 e. The minimum absolute atomic E-state index is 0.000815. The molecule has 35 heteroatoms. The van der Waals surface area contributed by atoms with Crippen molar-refractivity contribution in [3.8, 4) is 17.6 Å². The topological polar surface area (TPSA) is 281 Å². The van der Waals surface area contributed by atoms with Gasteiger partial charge in [-0.15, -0.1) is 4.39 Å². The van der Waals surface area contributed by atoms with Gasteiger partial charge in [-0.05, 0) is 104 Å². The van der Waals surface area contributed by atoms with Crippen LogP contribution in [0.5, 0.6) is 17.6 Å². The number of methoxy groups -OCH3 is 2. The lowest BCUT2D eigenvalue weighted by Gasteiger charge is -2.26. The smallest absolute Gasteiger partial charge is 0.420 e. The number of anilines is 3. The maximum atomic E-state index is 14.2. The molecule has 1 aliphatic heterocycles. The summed E-state index contributed by atoms with van der Waals surface area (Å²) in [6.45, 7) is 6.28. The molecule has 8 aromatic rings. The number of morpholine rings is 1. The Kier molecular flexibility index (Phi) is 22.4. The summed E-state index contributed by atoms with van der Waals surface area (Å²) in [6.07, 6.45) is 0.0336. The summed E-state index contributed by atoms with van der Waals surface area (Å²) in [5.74, 6) is -2.73. The zero-order valence-corrected chi connectivity index (χ0v) is 52.7. The number of esters is 1. The average molecular weight is 1390 g/mol. The van der Waals surface area contributed by atoms with Crippen LogP contribution in [0.2, 0.25) is 25.1 Å². The summed E-state index contributed by atoms with van der Waals surface area (Å²) in [4.78, 5) is 52.4. The predicted molar refractivity (Wildman–Crippen MR) is 316 cm³/mol. The molecule has 3 aromatic carbocycles. The van der Waals surface area contributed by atoms with Crippen LogP contribution in [0, 0.1) is 26.7 Å². The third-order valence-corrected chi connectivity index (χ3v) is 17.6. The number of amides is 1. The number of aromatic nitrogens is 6. The monoisotopic (exact) mass is 1390 g/mol. The number of alkyl halides is 3. The zero-order valence-electron chi connectivity index (χ0n) is 46.5. The number of carbonyl (C=O) groups excluding carboxylic acids is 2. The number of hydrogen-bond donors (Lipinski definition) is 3. The molecule has 1 amide bonds. The molecule has 0 unspecified atom stereocenters. The second kappa shape index (κ2) is 29.1. The molecule has 1 aliphatic rings. The maximum Gasteiger partial charge on any atom is 0.420 e. The van der Waals surface area contributed by atoms with E-state index in [-0.39, 0.29) is 73.3 Å². The van der Waals surface area contributed by atoms with Gasteiger partial charge in [0.1, 0.15) is 11.4 Å². The summed E-state index contributed by atoms with van der Waals surface area (Å²) < 4.78 is 154. The molecule has 3 N–H and O–H groups in total. The molecule has 0 bridgehead atoms. The quantitative estimate of drug-likeness (QED) is 0.0351. The Balaban J connectivity index is 0.000000190. The number of nitrogens with one attached hydrogen (secondary N) is 3. The summed E-state index contributed by atoms with van der Waals surface area (Å²) in [5.41, 5.74) is 0.122. The first kappa shape index (κ1) is 68.5. The van der Waals surface area contributed by atoms with Gasteiger partial charge in [0.15, 0.2) is 11.5 Å². The molecule has 0 atom stereocenters. The van der Waals surface area contributed by atoms with Gasteiger partial charge in [-0.2, -0.15) is 13.2 Å². The van der Waals surface area contributed by atoms with Crippen molar-refractivity contribution in [2.45, 2.75) is 41.6 Å². The molecule has 0 spiro atoms. The van der Waals surface area contributed by atoms with Gasteiger partial charge in [0.25, 0.3) is 36.0 Å². The van der Waals surface area contributed by atoms with Crippen LogP contribution < -0.4 is 38.0 Å². The highest BCUT2D eigenvalue weighted by molar-refractivity contribution is 7.93. The molecule has 9 rings (SSSR count). The third kappa shape index (κ3) is 17.5. The molecule has 0 aliphatic carbocycles. The highest BCUT2D eigenvalue weighted by atomic mass is 35.5. The molecule has 23 nitrogen and oxygen atoms in total. The van der Waals surface area contributed by atoms with Gasteiger partial charge in [-0.25, -0.2) is 59.7 Å². The maximum absolute atomic E-state index is 14.2. The van der Waals surface area contributed by atoms with E-state index in [0.29, 0.717) is 46.1 Å². The van der Waals surface area contributed by atoms with E-state index in [4.69, 9.17) is 81.9 Å². The van der Waals surface area contributed by atoms with Crippen LogP contribution in [-0.2, 0) is 45.7 Å². The summed E-state index contributed by atoms with van der Waals surface area (Å²) >= 11 is 29.5. The summed E-state index contributed by atoms with van der Waals surface area (Å²) in [7, 11) is -9.98. The fraction of sp³-hybridized carbons (Fsp3) is 0.185. The highest BCUT2D eigenvalue weighted by Gasteiger charge is 2.36. The molecular weight excluding hydrogens is 1350 g/mol. The fourth-order valence-corrected chi connectivity index (χ4v) is 11.6. The van der Waals surface area contributed by atoms with Crippen molar-refractivity contribution in [2.24, 2.45) is 0 Å². The van der Waals surface area contributed by atoms with Gasteiger partial charge < -0.3 is 19.1 Å². The number of benzene rings is 3. The van der Waals surface area contributed by atoms with Gasteiger partial charge in [0.05, 0.1) is 73.5 Å². The molecule has 0 saturated carbocycles. The molecule has 6 heterocycles. The van der Waals surface area contributed by atoms with E-state index >= 15 is 0 Å². The Hall–Kier alpha value is -7.94. The van der Waals surface area contributed by atoms with Gasteiger partial charge >= 0.3 is 41.4 Å². The standard InChI is InChI=1S/C20H17Cl2N3O5S.C18H15Cl2FN3O4S.C16H14ClF3N4O4S/c1-12-9-15(7-8-16(12)22)31(27,28)24-17-10-14(21)11-23-19(17)30-25-13(2)5-4-6-18(25)20(26)29-3;1-11-8-13(6-7-14(11)20)29(25,26)23-15-9-12(19)10-22-18(15)28-24-16(21)4-3-5-17(24)27-2;17-12-2-1-10(9-11(12)16(18,19)20)29(26,27)23-14-13(21-3-4-22-14)15(25)24-5-7-28-8-6-24/h4-11H,1-3H3;3-10,23H,1-2H3;1-4,9H,5-8H2,(H,22,23)/q;+1;/p+1. The highest BCUT2D eigenvalue weighted by Crippen LogP contribution is 2.37. The minimum Gasteiger partial charge on any atom is -0.461 e. The number of sulfonamides is 3. The van der Waals surface area contributed by atoms with Crippen molar-refractivity contribution >= 4 is 117 Å². The van der Waals surface area contributed by atoms with E-state index in [1.54, 1.807) is 32.9 Å². The number of aryl methyl sites for hydroxylation is 3. The van der Waals surface area contributed by atoms with Gasteiger partial charge in [0, 0.05) is 77.8 Å². The molecule has 1 saturated heterocycles. The van der Waals surface area contributed by atoms with Gasteiger partial charge in [-0.1, -0.05) is 58.0 Å². The first-order valence-electron chi connectivity index (χ1n) is 25.1. The molecule has 0 radical (unpaired) electrons. The molecule has 89 heavy (non-hydrogen) atoms. The number of ether oxygens (including phenoxy) is 3. The lowest BCUT2D eigenvalue weighted by Crippen LogP contribution is -2.48. The van der Waals surface area contributed by atoms with Gasteiger partial charge in [0.2, 0.25) is 5.69 Å². The van der Waals surface area contributed by atoms with Crippen molar-refractivity contribution in [1.29, 1.82) is 0 Å². The lowest BCUT2D eigenvalue weighted by molar-refractivity contribution is -0.896. The van der Waals surface area contributed by atoms with E-state index in [1.807, 2.05) is 4.72 Å². The SMILES string of the molecule is COC(=O)c1cccc(C)[n+]1Oc1ncc(Cl)cc1NS(=O)(=O)c1ccc(Cl)c(C)c1.COc1cccc(F)[n+]1Oc1ncc(Cl)cc1NS(=O)(=O)c1ccc(Cl)c(C)c1.O=C(c1nccnc1NS(=O)(=O)c1ccc(Cl)c(C(F)(F)F)c1)N1CCOCC1. The van der Waals surface area contributed by atoms with Crippen LogP contribution in [0.25, 0.3) is 0 Å². The Labute approximate surface area is 531 Å². The Morgan fingerprint density at radius 3 is 1.63 bits per heavy atom. The second-order valence-electron chi connectivity index (χ2n) is 18.2. The van der Waals surface area contributed by atoms with Crippen LogP contribution in [0.4, 0.5) is 34.8 Å². The number of halogens is 9. The molecular formula is C54H47Cl5F4N10O13S3+2. The van der Waals surface area contributed by atoms with E-state index in [1.165, 1.54) is 109 Å². The fourth-order valence-electron chi connectivity index (χ4n) is 7.53. The first-order chi connectivity index (χ1) is 41.9. The van der Waals surface area contributed by atoms with Crippen LogP contribution in [0.1, 0.15) is 43.4 Å². The van der Waals surface area contributed by atoms with Crippen molar-refractivity contribution in [3.63, 3.8) is 0 Å². The van der Waals surface area contributed by atoms with Crippen molar-refractivity contribution < 1.29 is 85.8 Å². The molecule has 470 valence electrons. The van der Waals surface area contributed by atoms with E-state index in [2.05, 4.69) is 29.4 Å². The predicted octanol–water partition coefficient (Wildman–Crippen LogP) is 9.92. The van der Waals surface area contributed by atoms with Crippen LogP contribution in [-0.4, -0.2) is 102 Å². The molecule has 5 aromatic heterocycles. The first-order valence-corrected chi connectivity index (χ1v) is 31.4. The number of rotatable bonds is 16. The number of nitrogens with zero attached hydrogens (tertiary/aromatic N) is 7. The van der Waals surface area contributed by atoms with Crippen molar-refractivity contribution in [2.75, 3.05) is 54.7 Å². The van der Waals surface area contributed by atoms with E-state index in [0.717, 1.165) is 29.1 Å². The van der Waals surface area contributed by atoms with E-state index < -0.39 is 75.4 Å². The van der Waals surface area contributed by atoms with Crippen LogP contribution >= 0.6 is 58.0 Å². The lowest BCUT2D eigenvalue weighted by atomic mass is 10.2. The minimum atomic E-state index is -4.84. The average Bonchev–Trinajstić information content (AvgIpc) is 1.46. The number of carbonyl (C=O) groups is 2. The van der Waals surface area contributed by atoms with Gasteiger partial charge in [-0.3, -0.25) is 19.0 Å². The van der Waals surface area contributed by atoms with E-state index in [9.17, 15) is 52.4 Å². The number of pyridine rings is 4. The number of hydrogen-bond acceptors (Lipinski definition) is 17. The van der Waals surface area contributed by atoms with Crippen molar-refractivity contribution in [1.82, 2.24) is 24.8 Å². The second-order valence-corrected chi connectivity index (χ2v) is 25.3. The molecule has 1 fully saturated rings. The zero-order chi connectivity index (χ0) is 65.2. The van der Waals surface area contributed by atoms with Crippen LogP contribution in [0.15, 0.2) is 143 Å². The normalized spacial score (nSPS) is 12.5. The van der Waals surface area contributed by atoms with Crippen LogP contribution in [0.3, 0.4) is 0 Å². The summed E-state index contributed by atoms with van der Waals surface area (Å²) in [5, 5.41) is 0.561. The Bertz CT molecular complexity index is 4340. The third-order valence-electron chi connectivity index (χ3n) is 11.9. The Morgan fingerprint density at radius 2 is 1.11 bits per heavy atom. The summed E-state index contributed by atoms with van der Waals surface area (Å²) in [6, 6.07) is 22.2. The Morgan fingerprint density at radius 1 is 0.618 bits per heavy atom. The van der Waals surface area contributed by atoms with Crippen molar-refractivity contribution in [3.05, 3.63) is 193 Å².